The first-order valence-electron chi connectivity index (χ1n) is 16.7. The van der Waals surface area contributed by atoms with Gasteiger partial charge in [-0.05, 0) is 81.3 Å². The van der Waals surface area contributed by atoms with Gasteiger partial charge in [-0.3, -0.25) is 0 Å². The molecule has 0 bridgehead atoms. The summed E-state index contributed by atoms with van der Waals surface area (Å²) in [7, 11) is 0. The molecule has 1 unspecified atom stereocenters. The summed E-state index contributed by atoms with van der Waals surface area (Å²) in [5.74, 6) is 1.34. The highest BCUT2D eigenvalue weighted by Gasteiger charge is 2.29. The molecule has 1 atom stereocenters. The molecular weight excluding hydrogens is 592 g/mol. The minimum Gasteiger partial charge on any atom is -0.489 e. The van der Waals surface area contributed by atoms with Crippen molar-refractivity contribution in [3.05, 3.63) is 84.4 Å². The van der Waals surface area contributed by atoms with E-state index in [1.807, 2.05) is 67.9 Å². The Hall–Kier alpha value is -4.63. The van der Waals surface area contributed by atoms with Crippen LogP contribution in [0.2, 0.25) is 0 Å². The van der Waals surface area contributed by atoms with Crippen LogP contribution in [0, 0.1) is 0 Å². The third-order valence-electron chi connectivity index (χ3n) is 8.67. The number of carbonyl (C=O) groups excluding carboxylic acids is 1. The SMILES string of the molecule is CC(C)(C)OC(=O)N1CCC(Oc2nc(-c3nn(C4CCCCO4)c4ccc(OCc5ccccc5)cc34)cc3ccccc23)CC1. The van der Waals surface area contributed by atoms with Crippen molar-refractivity contribution in [3.63, 3.8) is 0 Å². The lowest BCUT2D eigenvalue weighted by molar-refractivity contribution is -0.0365. The molecule has 1 amide bonds. The van der Waals surface area contributed by atoms with Crippen molar-refractivity contribution in [2.45, 2.75) is 77.4 Å². The van der Waals surface area contributed by atoms with Gasteiger partial charge in [0.15, 0.2) is 6.23 Å². The van der Waals surface area contributed by atoms with Crippen LogP contribution in [-0.4, -0.2) is 57.2 Å². The number of piperidine rings is 1. The molecule has 2 aliphatic rings. The Bertz CT molecular complexity index is 1850. The molecule has 0 radical (unpaired) electrons. The van der Waals surface area contributed by atoms with E-state index in [1.54, 1.807) is 4.90 Å². The molecule has 2 fully saturated rings. The van der Waals surface area contributed by atoms with E-state index in [4.69, 9.17) is 29.0 Å². The summed E-state index contributed by atoms with van der Waals surface area (Å²) in [6.07, 6.45) is 3.95. The Morgan fingerprint density at radius 1 is 0.915 bits per heavy atom. The number of likely N-dealkylation sites (tertiary alicyclic amines) is 1. The van der Waals surface area contributed by atoms with Gasteiger partial charge in [-0.1, -0.05) is 48.5 Å². The number of aromatic nitrogens is 3. The third-order valence-corrected chi connectivity index (χ3v) is 8.67. The molecule has 0 N–H and O–H groups in total. The number of carbonyl (C=O) groups is 1. The maximum Gasteiger partial charge on any atom is 0.410 e. The van der Waals surface area contributed by atoms with Gasteiger partial charge in [0.2, 0.25) is 5.88 Å². The number of rotatable bonds is 7. The highest BCUT2D eigenvalue weighted by molar-refractivity contribution is 5.97. The lowest BCUT2D eigenvalue weighted by atomic mass is 10.1. The average molecular weight is 635 g/mol. The molecule has 47 heavy (non-hydrogen) atoms. The van der Waals surface area contributed by atoms with Gasteiger partial charge in [0.05, 0.1) is 11.2 Å². The summed E-state index contributed by atoms with van der Waals surface area (Å²) >= 11 is 0. The van der Waals surface area contributed by atoms with E-state index in [2.05, 4.69) is 36.4 Å². The van der Waals surface area contributed by atoms with E-state index in [9.17, 15) is 4.79 Å². The zero-order valence-electron chi connectivity index (χ0n) is 27.4. The summed E-state index contributed by atoms with van der Waals surface area (Å²) < 4.78 is 26.7. The summed E-state index contributed by atoms with van der Waals surface area (Å²) in [4.78, 5) is 19.5. The van der Waals surface area contributed by atoms with Crippen LogP contribution in [0.1, 0.15) is 64.7 Å². The largest absolute Gasteiger partial charge is 0.489 e. The number of amides is 1. The van der Waals surface area contributed by atoms with E-state index >= 15 is 0 Å². The van der Waals surface area contributed by atoms with Gasteiger partial charge in [-0.15, -0.1) is 0 Å². The number of hydrogen-bond donors (Lipinski definition) is 0. The van der Waals surface area contributed by atoms with Crippen LogP contribution in [0.5, 0.6) is 11.6 Å². The van der Waals surface area contributed by atoms with Gasteiger partial charge in [-0.25, -0.2) is 14.5 Å². The molecule has 0 saturated carbocycles. The molecule has 7 rings (SSSR count). The smallest absolute Gasteiger partial charge is 0.410 e. The second-order valence-corrected chi connectivity index (χ2v) is 13.4. The van der Waals surface area contributed by atoms with Crippen LogP contribution in [0.3, 0.4) is 0 Å². The van der Waals surface area contributed by atoms with Gasteiger partial charge in [0, 0.05) is 43.3 Å². The Kier molecular flexibility index (Phi) is 8.73. The molecule has 2 saturated heterocycles. The standard InChI is InChI=1S/C38H42N4O5/c1-38(2,3)47-37(43)41-20-18-28(19-21-41)46-36-30-14-8-7-13-27(30)23-32(39-36)35-31-24-29(45-25-26-11-5-4-6-12-26)16-17-33(31)42(40-35)34-15-9-10-22-44-34/h4-8,11-14,16-17,23-24,28,34H,9-10,15,18-22,25H2,1-3H3. The minimum atomic E-state index is -0.525. The fraction of sp³-hybridized carbons (Fsp3) is 0.395. The van der Waals surface area contributed by atoms with Crippen LogP contribution in [-0.2, 0) is 16.1 Å². The zero-order chi connectivity index (χ0) is 32.4. The van der Waals surface area contributed by atoms with Crippen molar-refractivity contribution in [2.24, 2.45) is 0 Å². The molecule has 5 aromatic rings. The van der Waals surface area contributed by atoms with Crippen LogP contribution in [0.4, 0.5) is 4.79 Å². The fourth-order valence-corrected chi connectivity index (χ4v) is 6.29. The molecule has 4 heterocycles. The number of fused-ring (bicyclic) bond motifs is 2. The summed E-state index contributed by atoms with van der Waals surface area (Å²) in [5.41, 5.74) is 3.04. The van der Waals surface area contributed by atoms with Crippen LogP contribution in [0.15, 0.2) is 78.9 Å². The average Bonchev–Trinajstić information content (AvgIpc) is 3.47. The van der Waals surface area contributed by atoms with Gasteiger partial charge in [0.25, 0.3) is 0 Å². The summed E-state index contributed by atoms with van der Waals surface area (Å²) in [6, 6.07) is 26.5. The Morgan fingerprint density at radius 3 is 2.47 bits per heavy atom. The van der Waals surface area contributed by atoms with Crippen LogP contribution < -0.4 is 9.47 Å². The predicted molar refractivity (Wildman–Crippen MR) is 182 cm³/mol. The second-order valence-electron chi connectivity index (χ2n) is 13.4. The van der Waals surface area contributed by atoms with Crippen molar-refractivity contribution in [3.8, 4) is 23.0 Å². The summed E-state index contributed by atoms with van der Waals surface area (Å²) in [6.45, 7) is 7.99. The van der Waals surface area contributed by atoms with Crippen LogP contribution >= 0.6 is 0 Å². The van der Waals surface area contributed by atoms with Crippen LogP contribution in [0.25, 0.3) is 33.1 Å². The first kappa shape index (κ1) is 31.0. The fourth-order valence-electron chi connectivity index (χ4n) is 6.29. The van der Waals surface area contributed by atoms with E-state index in [0.717, 1.165) is 70.2 Å². The third kappa shape index (κ3) is 7.05. The minimum absolute atomic E-state index is 0.0808. The summed E-state index contributed by atoms with van der Waals surface area (Å²) in [5, 5.41) is 8.07. The molecule has 244 valence electrons. The Labute approximate surface area is 275 Å². The van der Waals surface area contributed by atoms with Crippen molar-refractivity contribution < 1.29 is 23.7 Å². The first-order valence-corrected chi connectivity index (χ1v) is 16.7. The quantitative estimate of drug-likeness (QED) is 0.178. The van der Waals surface area contributed by atoms with Crippen molar-refractivity contribution in [2.75, 3.05) is 19.7 Å². The number of nitrogens with zero attached hydrogens (tertiary/aromatic N) is 4. The molecule has 2 aliphatic heterocycles. The first-order chi connectivity index (χ1) is 22.8. The maximum atomic E-state index is 12.6. The lowest BCUT2D eigenvalue weighted by Gasteiger charge is -2.33. The Balaban J connectivity index is 1.21. The van der Waals surface area contributed by atoms with E-state index < -0.39 is 5.60 Å². The van der Waals surface area contributed by atoms with Gasteiger partial charge < -0.3 is 23.8 Å². The number of ether oxygens (including phenoxy) is 4. The highest BCUT2D eigenvalue weighted by Crippen LogP contribution is 2.37. The topological polar surface area (TPSA) is 87.9 Å². The molecule has 0 spiro atoms. The molecule has 2 aromatic heterocycles. The highest BCUT2D eigenvalue weighted by atomic mass is 16.6. The Morgan fingerprint density at radius 2 is 1.70 bits per heavy atom. The van der Waals surface area contributed by atoms with E-state index in [1.165, 1.54) is 0 Å². The van der Waals surface area contributed by atoms with E-state index in [-0.39, 0.29) is 18.4 Å². The molecule has 3 aromatic carbocycles. The van der Waals surface area contributed by atoms with Crippen molar-refractivity contribution >= 4 is 27.8 Å². The van der Waals surface area contributed by atoms with Crippen molar-refractivity contribution in [1.82, 2.24) is 19.7 Å². The molecule has 0 aliphatic carbocycles. The van der Waals surface area contributed by atoms with Gasteiger partial charge in [0.1, 0.15) is 29.8 Å². The lowest BCUT2D eigenvalue weighted by Crippen LogP contribution is -2.44. The monoisotopic (exact) mass is 634 g/mol. The normalized spacial score (nSPS) is 17.6. The molecule has 9 heteroatoms. The second kappa shape index (κ2) is 13.2. The van der Waals surface area contributed by atoms with Gasteiger partial charge >= 0.3 is 6.09 Å². The zero-order valence-corrected chi connectivity index (χ0v) is 27.4. The number of hydrogen-bond acceptors (Lipinski definition) is 7. The maximum absolute atomic E-state index is 12.6. The number of pyridine rings is 1. The predicted octanol–water partition coefficient (Wildman–Crippen LogP) is 8.31. The van der Waals surface area contributed by atoms with Gasteiger partial charge in [-0.2, -0.15) is 5.10 Å². The van der Waals surface area contributed by atoms with E-state index in [0.29, 0.717) is 38.4 Å². The molecular formula is C38H42N4O5. The molecule has 9 nitrogen and oxygen atoms in total. The van der Waals surface area contributed by atoms with Crippen molar-refractivity contribution in [1.29, 1.82) is 0 Å². The number of benzene rings is 3.